The first-order valence-corrected chi connectivity index (χ1v) is 8.23. The number of nitrogens with zero attached hydrogens (tertiary/aromatic N) is 3. The van der Waals surface area contributed by atoms with Gasteiger partial charge in [-0.2, -0.15) is 5.11 Å². The van der Waals surface area contributed by atoms with Gasteiger partial charge in [-0.3, -0.25) is 5.01 Å². The lowest BCUT2D eigenvalue weighted by molar-refractivity contribution is 0.128. The van der Waals surface area contributed by atoms with Gasteiger partial charge in [-0.05, 0) is 25.7 Å². The molecule has 112 valence electrons. The predicted octanol–water partition coefficient (Wildman–Crippen LogP) is 5.22. The molecule has 0 saturated carbocycles. The van der Waals surface area contributed by atoms with Gasteiger partial charge in [-0.15, -0.1) is 0 Å². The maximum absolute atomic E-state index is 4.36. The minimum absolute atomic E-state index is 0.202. The summed E-state index contributed by atoms with van der Waals surface area (Å²) in [5.41, 5.74) is 0.202. The Morgan fingerprint density at radius 3 is 2.58 bits per heavy atom. The normalized spacial score (nSPS) is 22.7. The van der Waals surface area contributed by atoms with E-state index < -0.39 is 0 Å². The van der Waals surface area contributed by atoms with Crippen molar-refractivity contribution in [1.82, 2.24) is 5.01 Å². The first-order valence-electron chi connectivity index (χ1n) is 8.23. The van der Waals surface area contributed by atoms with Gasteiger partial charge in [-0.1, -0.05) is 64.5 Å². The first-order chi connectivity index (χ1) is 9.08. The number of hydrogen-bond donors (Lipinski definition) is 0. The second kappa shape index (κ2) is 8.55. The molecule has 0 N–H and O–H groups in total. The SMILES string of the molecule is CCCCCC1(C)CN=NN1CCCCCC(C)C. The van der Waals surface area contributed by atoms with Crippen molar-refractivity contribution in [2.45, 2.75) is 84.6 Å². The van der Waals surface area contributed by atoms with Gasteiger partial charge in [0.05, 0.1) is 12.1 Å². The van der Waals surface area contributed by atoms with E-state index in [4.69, 9.17) is 0 Å². The maximum Gasteiger partial charge on any atom is 0.0866 e. The molecule has 0 aromatic rings. The molecule has 0 spiro atoms. The molecule has 1 unspecified atom stereocenters. The average molecular weight is 267 g/mol. The summed E-state index contributed by atoms with van der Waals surface area (Å²) in [6.45, 7) is 11.2. The topological polar surface area (TPSA) is 28.0 Å². The van der Waals surface area contributed by atoms with Gasteiger partial charge >= 0.3 is 0 Å². The van der Waals surface area contributed by atoms with Crippen LogP contribution in [0, 0.1) is 5.92 Å². The fraction of sp³-hybridized carbons (Fsp3) is 1.00. The molecule has 1 rings (SSSR count). The molecule has 3 heteroatoms. The van der Waals surface area contributed by atoms with E-state index in [1.807, 2.05) is 0 Å². The summed E-state index contributed by atoms with van der Waals surface area (Å²) in [7, 11) is 0. The fourth-order valence-corrected chi connectivity index (χ4v) is 2.72. The highest BCUT2D eigenvalue weighted by Crippen LogP contribution is 2.29. The van der Waals surface area contributed by atoms with E-state index >= 15 is 0 Å². The minimum Gasteiger partial charge on any atom is -0.271 e. The van der Waals surface area contributed by atoms with Gasteiger partial charge in [0.25, 0.3) is 0 Å². The minimum atomic E-state index is 0.202. The van der Waals surface area contributed by atoms with Crippen molar-refractivity contribution in [3.8, 4) is 0 Å². The van der Waals surface area contributed by atoms with Crippen LogP contribution in [0.3, 0.4) is 0 Å². The largest absolute Gasteiger partial charge is 0.271 e. The molecule has 0 amide bonds. The summed E-state index contributed by atoms with van der Waals surface area (Å²) in [6, 6.07) is 0. The Morgan fingerprint density at radius 2 is 1.89 bits per heavy atom. The Morgan fingerprint density at radius 1 is 1.11 bits per heavy atom. The molecule has 0 fully saturated rings. The van der Waals surface area contributed by atoms with E-state index in [2.05, 4.69) is 43.0 Å². The van der Waals surface area contributed by atoms with Crippen molar-refractivity contribution in [1.29, 1.82) is 0 Å². The first kappa shape index (κ1) is 16.5. The van der Waals surface area contributed by atoms with Gasteiger partial charge in [-0.25, -0.2) is 0 Å². The number of unbranched alkanes of at least 4 members (excludes halogenated alkanes) is 4. The average Bonchev–Trinajstić information content (AvgIpc) is 2.71. The summed E-state index contributed by atoms with van der Waals surface area (Å²) >= 11 is 0. The van der Waals surface area contributed by atoms with E-state index in [1.165, 1.54) is 51.4 Å². The van der Waals surface area contributed by atoms with Gasteiger partial charge in [0.15, 0.2) is 0 Å². The van der Waals surface area contributed by atoms with Crippen LogP contribution in [0.15, 0.2) is 10.3 Å². The van der Waals surface area contributed by atoms with Gasteiger partial charge in [0.1, 0.15) is 0 Å². The van der Waals surface area contributed by atoms with Crippen LogP contribution >= 0.6 is 0 Å². The third-order valence-corrected chi connectivity index (χ3v) is 4.18. The Balaban J connectivity index is 2.21. The molecule has 1 atom stereocenters. The molecule has 1 heterocycles. The lowest BCUT2D eigenvalue weighted by atomic mass is 9.93. The molecule has 1 aliphatic heterocycles. The smallest absolute Gasteiger partial charge is 0.0866 e. The van der Waals surface area contributed by atoms with E-state index in [1.54, 1.807) is 0 Å². The van der Waals surface area contributed by atoms with Crippen LogP contribution in [0.1, 0.15) is 79.1 Å². The summed E-state index contributed by atoms with van der Waals surface area (Å²) in [6.07, 6.45) is 10.5. The van der Waals surface area contributed by atoms with Crippen LogP contribution in [0.4, 0.5) is 0 Å². The Hall–Kier alpha value is -0.600. The highest BCUT2D eigenvalue weighted by atomic mass is 15.6. The van der Waals surface area contributed by atoms with Crippen LogP contribution < -0.4 is 0 Å². The van der Waals surface area contributed by atoms with Gasteiger partial charge < -0.3 is 0 Å². The number of rotatable bonds is 10. The van der Waals surface area contributed by atoms with E-state index in [9.17, 15) is 0 Å². The molecular formula is C16H33N3. The Kier molecular flexibility index (Phi) is 7.40. The van der Waals surface area contributed by atoms with Crippen LogP contribution in [-0.2, 0) is 0 Å². The van der Waals surface area contributed by atoms with Crippen molar-refractivity contribution in [2.75, 3.05) is 13.1 Å². The molecule has 0 aromatic carbocycles. The van der Waals surface area contributed by atoms with Crippen molar-refractivity contribution in [3.05, 3.63) is 0 Å². The Labute approximate surface area is 119 Å². The monoisotopic (exact) mass is 267 g/mol. The summed E-state index contributed by atoms with van der Waals surface area (Å²) in [4.78, 5) is 0. The fourth-order valence-electron chi connectivity index (χ4n) is 2.72. The van der Waals surface area contributed by atoms with E-state index in [0.29, 0.717) is 0 Å². The highest BCUT2D eigenvalue weighted by molar-refractivity contribution is 4.89. The van der Waals surface area contributed by atoms with Crippen LogP contribution in [0.2, 0.25) is 0 Å². The summed E-state index contributed by atoms with van der Waals surface area (Å²) in [5, 5.41) is 10.9. The lowest BCUT2D eigenvalue weighted by Crippen LogP contribution is -2.42. The van der Waals surface area contributed by atoms with Gasteiger partial charge in [0, 0.05) is 6.54 Å². The van der Waals surface area contributed by atoms with E-state index in [0.717, 1.165) is 19.0 Å². The third-order valence-electron chi connectivity index (χ3n) is 4.18. The van der Waals surface area contributed by atoms with Crippen molar-refractivity contribution < 1.29 is 0 Å². The van der Waals surface area contributed by atoms with Crippen molar-refractivity contribution >= 4 is 0 Å². The second-order valence-electron chi connectivity index (χ2n) is 6.71. The molecule has 0 radical (unpaired) electrons. The van der Waals surface area contributed by atoms with E-state index in [-0.39, 0.29) is 5.54 Å². The zero-order valence-electron chi connectivity index (χ0n) is 13.5. The molecule has 3 nitrogen and oxygen atoms in total. The zero-order chi connectivity index (χ0) is 14.1. The quantitative estimate of drug-likeness (QED) is 0.498. The summed E-state index contributed by atoms with van der Waals surface area (Å²) < 4.78 is 0. The molecule has 0 bridgehead atoms. The van der Waals surface area contributed by atoms with Crippen LogP contribution in [0.5, 0.6) is 0 Å². The van der Waals surface area contributed by atoms with Crippen molar-refractivity contribution in [3.63, 3.8) is 0 Å². The third kappa shape index (κ3) is 5.92. The molecular weight excluding hydrogens is 234 g/mol. The zero-order valence-corrected chi connectivity index (χ0v) is 13.5. The number of hydrogen-bond acceptors (Lipinski definition) is 3. The molecule has 0 aromatic heterocycles. The van der Waals surface area contributed by atoms with Crippen LogP contribution in [0.25, 0.3) is 0 Å². The summed E-state index contributed by atoms with van der Waals surface area (Å²) in [5.74, 6) is 0.839. The van der Waals surface area contributed by atoms with Crippen molar-refractivity contribution in [2.24, 2.45) is 16.3 Å². The second-order valence-corrected chi connectivity index (χ2v) is 6.71. The Bertz CT molecular complexity index is 263. The predicted molar refractivity (Wildman–Crippen MR) is 82.3 cm³/mol. The standard InChI is InChI=1S/C16H33N3/c1-5-6-9-12-16(4)14-17-18-19(16)13-10-7-8-11-15(2)3/h15H,5-14H2,1-4H3. The molecule has 0 saturated heterocycles. The lowest BCUT2D eigenvalue weighted by Gasteiger charge is -2.32. The van der Waals surface area contributed by atoms with Gasteiger partial charge in [0.2, 0.25) is 0 Å². The van der Waals surface area contributed by atoms with Crippen LogP contribution in [-0.4, -0.2) is 23.6 Å². The molecule has 1 aliphatic rings. The highest BCUT2D eigenvalue weighted by Gasteiger charge is 2.34. The maximum atomic E-state index is 4.36. The molecule has 19 heavy (non-hydrogen) atoms. The molecule has 0 aliphatic carbocycles.